The number of hydrogen-bond acceptors (Lipinski definition) is 3. The lowest BCUT2D eigenvalue weighted by Crippen LogP contribution is -2.47. The van der Waals surface area contributed by atoms with Gasteiger partial charge in [-0.2, -0.15) is 0 Å². The van der Waals surface area contributed by atoms with E-state index in [0.717, 1.165) is 37.1 Å². The van der Waals surface area contributed by atoms with Crippen molar-refractivity contribution in [3.05, 3.63) is 36.3 Å². The smallest absolute Gasteiger partial charge is 0.234 e. The first-order valence-corrected chi connectivity index (χ1v) is 6.70. The van der Waals surface area contributed by atoms with Crippen LogP contribution in [-0.4, -0.2) is 32.8 Å². The first-order valence-electron chi connectivity index (χ1n) is 6.70. The molecule has 1 fully saturated rings. The third-order valence-corrected chi connectivity index (χ3v) is 3.72. The fourth-order valence-corrected chi connectivity index (χ4v) is 2.77. The summed E-state index contributed by atoms with van der Waals surface area (Å²) in [6, 6.07) is 5.79. The van der Waals surface area contributed by atoms with E-state index in [9.17, 15) is 4.79 Å². The minimum Gasteiger partial charge on any atom is -0.368 e. The molecule has 100 valence electrons. The molecule has 1 amide bonds. The topological polar surface area (TPSA) is 63.6 Å². The summed E-state index contributed by atoms with van der Waals surface area (Å²) in [4.78, 5) is 18.2. The van der Waals surface area contributed by atoms with Gasteiger partial charge in [0.05, 0.1) is 11.7 Å². The van der Waals surface area contributed by atoms with Crippen LogP contribution < -0.4 is 5.73 Å². The molecule has 0 spiro atoms. The standard InChI is InChI=1S/C14H18N4O/c15-14(19)12-5-1-3-7-17(12)9-11-10-18-8-4-2-6-13(18)16-11/h2,4,6,8,10,12H,1,3,5,7,9H2,(H2,15,19)/t12-/m1/s1. The van der Waals surface area contributed by atoms with Gasteiger partial charge in [-0.15, -0.1) is 0 Å². The molecule has 2 aromatic heterocycles. The zero-order valence-corrected chi connectivity index (χ0v) is 10.8. The van der Waals surface area contributed by atoms with Crippen LogP contribution in [0.15, 0.2) is 30.6 Å². The van der Waals surface area contributed by atoms with Crippen molar-refractivity contribution in [1.82, 2.24) is 14.3 Å². The van der Waals surface area contributed by atoms with Crippen molar-refractivity contribution >= 4 is 11.6 Å². The lowest BCUT2D eigenvalue weighted by molar-refractivity contribution is -0.124. The Hall–Kier alpha value is -1.88. The van der Waals surface area contributed by atoms with E-state index in [4.69, 9.17) is 5.73 Å². The van der Waals surface area contributed by atoms with Gasteiger partial charge in [-0.25, -0.2) is 4.98 Å². The molecule has 0 radical (unpaired) electrons. The Morgan fingerprint density at radius 2 is 2.32 bits per heavy atom. The second kappa shape index (κ2) is 5.01. The van der Waals surface area contributed by atoms with Crippen LogP contribution in [0, 0.1) is 0 Å². The largest absolute Gasteiger partial charge is 0.368 e. The molecule has 1 aliphatic heterocycles. The van der Waals surface area contributed by atoms with E-state index in [1.54, 1.807) is 0 Å². The summed E-state index contributed by atoms with van der Waals surface area (Å²) >= 11 is 0. The van der Waals surface area contributed by atoms with Crippen molar-refractivity contribution in [2.45, 2.75) is 31.8 Å². The van der Waals surface area contributed by atoms with E-state index < -0.39 is 0 Å². The zero-order valence-electron chi connectivity index (χ0n) is 10.8. The third kappa shape index (κ3) is 2.46. The predicted molar refractivity (Wildman–Crippen MR) is 72.4 cm³/mol. The molecule has 0 bridgehead atoms. The highest BCUT2D eigenvalue weighted by Gasteiger charge is 2.27. The summed E-state index contributed by atoms with van der Waals surface area (Å²) in [7, 11) is 0. The van der Waals surface area contributed by atoms with Crippen LogP contribution in [0.2, 0.25) is 0 Å². The first-order chi connectivity index (χ1) is 9.24. The molecule has 1 saturated heterocycles. The highest BCUT2D eigenvalue weighted by Crippen LogP contribution is 2.19. The molecule has 3 rings (SSSR count). The van der Waals surface area contributed by atoms with Gasteiger partial charge in [0.25, 0.3) is 0 Å². The first kappa shape index (κ1) is 12.2. The van der Waals surface area contributed by atoms with Gasteiger partial charge in [0.2, 0.25) is 5.91 Å². The number of fused-ring (bicyclic) bond motifs is 1. The van der Waals surface area contributed by atoms with E-state index in [1.165, 1.54) is 0 Å². The number of nitrogens with zero attached hydrogens (tertiary/aromatic N) is 3. The second-order valence-electron chi connectivity index (χ2n) is 5.08. The lowest BCUT2D eigenvalue weighted by atomic mass is 10.0. The van der Waals surface area contributed by atoms with E-state index in [-0.39, 0.29) is 11.9 Å². The highest BCUT2D eigenvalue weighted by molar-refractivity contribution is 5.79. The molecule has 1 aliphatic rings. The summed E-state index contributed by atoms with van der Waals surface area (Å²) in [5.74, 6) is -0.219. The van der Waals surface area contributed by atoms with Gasteiger partial charge in [0, 0.05) is 18.9 Å². The molecular formula is C14H18N4O. The predicted octanol–water partition coefficient (Wildman–Crippen LogP) is 1.17. The number of likely N-dealkylation sites (tertiary alicyclic amines) is 1. The average Bonchev–Trinajstić information content (AvgIpc) is 2.81. The van der Waals surface area contributed by atoms with E-state index in [0.29, 0.717) is 6.54 Å². The molecular weight excluding hydrogens is 240 g/mol. The number of hydrogen-bond donors (Lipinski definition) is 1. The minimum atomic E-state index is -0.219. The van der Waals surface area contributed by atoms with Gasteiger partial charge in [0.1, 0.15) is 5.65 Å². The molecule has 1 atom stereocenters. The van der Waals surface area contributed by atoms with Gasteiger partial charge in [-0.1, -0.05) is 12.5 Å². The molecule has 0 unspecified atom stereocenters. The number of carbonyl (C=O) groups excluding carboxylic acids is 1. The molecule has 3 heterocycles. The second-order valence-corrected chi connectivity index (χ2v) is 5.08. The molecule has 2 N–H and O–H groups in total. The molecule has 0 saturated carbocycles. The van der Waals surface area contributed by atoms with Crippen LogP contribution in [0.3, 0.4) is 0 Å². The van der Waals surface area contributed by atoms with Crippen molar-refractivity contribution in [3.63, 3.8) is 0 Å². The van der Waals surface area contributed by atoms with Crippen LogP contribution in [0.4, 0.5) is 0 Å². The number of piperidine rings is 1. The Morgan fingerprint density at radius 3 is 3.11 bits per heavy atom. The molecule has 2 aromatic rings. The van der Waals surface area contributed by atoms with Crippen LogP contribution in [0.1, 0.15) is 25.0 Å². The summed E-state index contributed by atoms with van der Waals surface area (Å²) in [6.07, 6.45) is 7.06. The van der Waals surface area contributed by atoms with Crippen LogP contribution in [-0.2, 0) is 11.3 Å². The maximum absolute atomic E-state index is 11.5. The van der Waals surface area contributed by atoms with E-state index in [2.05, 4.69) is 9.88 Å². The number of amides is 1. The third-order valence-electron chi connectivity index (χ3n) is 3.72. The Balaban J connectivity index is 1.80. The van der Waals surface area contributed by atoms with Crippen molar-refractivity contribution < 1.29 is 4.79 Å². The minimum absolute atomic E-state index is 0.140. The maximum Gasteiger partial charge on any atom is 0.234 e. The number of imidazole rings is 1. The van der Waals surface area contributed by atoms with Crippen molar-refractivity contribution in [1.29, 1.82) is 0 Å². The van der Waals surface area contributed by atoms with Crippen LogP contribution >= 0.6 is 0 Å². The highest BCUT2D eigenvalue weighted by atomic mass is 16.1. The summed E-state index contributed by atoms with van der Waals surface area (Å²) in [5, 5.41) is 0. The Bertz CT molecular complexity index is 559. The molecule has 19 heavy (non-hydrogen) atoms. The number of pyridine rings is 1. The monoisotopic (exact) mass is 258 g/mol. The van der Waals surface area contributed by atoms with E-state index >= 15 is 0 Å². The molecule has 0 aromatic carbocycles. The van der Waals surface area contributed by atoms with Gasteiger partial charge >= 0.3 is 0 Å². The Labute approximate surface area is 112 Å². The summed E-state index contributed by atoms with van der Waals surface area (Å²) < 4.78 is 2.00. The Morgan fingerprint density at radius 1 is 1.42 bits per heavy atom. The maximum atomic E-state index is 11.5. The SMILES string of the molecule is NC(=O)[C@H]1CCCCN1Cc1cn2ccccc2n1. The number of rotatable bonds is 3. The van der Waals surface area contributed by atoms with Crippen LogP contribution in [0.5, 0.6) is 0 Å². The summed E-state index contributed by atoms with van der Waals surface area (Å²) in [5.41, 5.74) is 7.40. The lowest BCUT2D eigenvalue weighted by Gasteiger charge is -2.32. The quantitative estimate of drug-likeness (QED) is 0.899. The zero-order chi connectivity index (χ0) is 13.2. The number of aromatic nitrogens is 2. The van der Waals surface area contributed by atoms with Crippen LogP contribution in [0.25, 0.3) is 5.65 Å². The molecule has 5 heteroatoms. The Kier molecular flexibility index (Phi) is 3.21. The van der Waals surface area contributed by atoms with Crippen molar-refractivity contribution in [3.8, 4) is 0 Å². The number of primary amides is 1. The fraction of sp³-hybridized carbons (Fsp3) is 0.429. The van der Waals surface area contributed by atoms with Crippen molar-refractivity contribution in [2.75, 3.05) is 6.54 Å². The normalized spacial score (nSPS) is 20.7. The average molecular weight is 258 g/mol. The number of carbonyl (C=O) groups is 1. The molecule has 0 aliphatic carbocycles. The fourth-order valence-electron chi connectivity index (χ4n) is 2.77. The molecule has 5 nitrogen and oxygen atoms in total. The van der Waals surface area contributed by atoms with Crippen molar-refractivity contribution in [2.24, 2.45) is 5.73 Å². The van der Waals surface area contributed by atoms with Gasteiger partial charge in [-0.3, -0.25) is 9.69 Å². The van der Waals surface area contributed by atoms with Gasteiger partial charge < -0.3 is 10.1 Å². The van der Waals surface area contributed by atoms with Gasteiger partial charge in [-0.05, 0) is 31.5 Å². The number of nitrogens with two attached hydrogens (primary N) is 1. The summed E-state index contributed by atoms with van der Waals surface area (Å²) in [6.45, 7) is 1.61. The van der Waals surface area contributed by atoms with E-state index in [1.807, 2.05) is 35.0 Å². The van der Waals surface area contributed by atoms with Gasteiger partial charge in [0.15, 0.2) is 0 Å².